The lowest BCUT2D eigenvalue weighted by Crippen LogP contribution is -2.23. The molecule has 0 fully saturated rings. The summed E-state index contributed by atoms with van der Waals surface area (Å²) in [4.78, 5) is 10.8. The first-order valence-electron chi connectivity index (χ1n) is 6.78. The maximum absolute atomic E-state index is 11.2. The molecule has 0 atom stereocenters. The molecule has 1 N–H and O–H groups in total. The van der Waals surface area contributed by atoms with Crippen molar-refractivity contribution in [1.82, 2.24) is 9.78 Å². The van der Waals surface area contributed by atoms with E-state index in [1.807, 2.05) is 6.92 Å². The Morgan fingerprint density at radius 3 is 2.53 bits per heavy atom. The minimum absolute atomic E-state index is 0.0975. The van der Waals surface area contributed by atoms with Crippen LogP contribution in [0.4, 0.5) is 11.5 Å². The molecule has 0 aliphatic carbocycles. The number of aryl methyl sites for hydroxylation is 2. The highest BCUT2D eigenvalue weighted by Gasteiger charge is 2.26. The van der Waals surface area contributed by atoms with Crippen molar-refractivity contribution >= 4 is 11.5 Å². The van der Waals surface area contributed by atoms with Crippen LogP contribution in [0.1, 0.15) is 46.2 Å². The van der Waals surface area contributed by atoms with Crippen LogP contribution >= 0.6 is 0 Å². The molecular weight excluding hydrogens is 244 g/mol. The molecule has 0 saturated carbocycles. The van der Waals surface area contributed by atoms with E-state index >= 15 is 0 Å². The van der Waals surface area contributed by atoms with Crippen molar-refractivity contribution < 1.29 is 4.92 Å². The Bertz CT molecular complexity index is 452. The standard InChI is InChI=1S/C13H24N4O2/c1-6-8-16-12(14-9-13(4,5)7-2)11(17(18)19)10(3)15-16/h14H,6-9H2,1-5H3. The van der Waals surface area contributed by atoms with Crippen molar-refractivity contribution in [2.45, 2.75) is 54.0 Å². The highest BCUT2D eigenvalue weighted by molar-refractivity contribution is 5.59. The maximum atomic E-state index is 11.2. The number of nitrogens with zero attached hydrogens (tertiary/aromatic N) is 3. The van der Waals surface area contributed by atoms with Crippen molar-refractivity contribution in [3.05, 3.63) is 15.8 Å². The fourth-order valence-corrected chi connectivity index (χ4v) is 1.79. The van der Waals surface area contributed by atoms with E-state index in [4.69, 9.17) is 0 Å². The van der Waals surface area contributed by atoms with Crippen LogP contribution in [0, 0.1) is 22.5 Å². The van der Waals surface area contributed by atoms with E-state index in [1.165, 1.54) is 0 Å². The van der Waals surface area contributed by atoms with Gasteiger partial charge >= 0.3 is 5.69 Å². The van der Waals surface area contributed by atoms with E-state index in [0.717, 1.165) is 12.8 Å². The second kappa shape index (κ2) is 6.04. The summed E-state index contributed by atoms with van der Waals surface area (Å²) < 4.78 is 1.71. The van der Waals surface area contributed by atoms with Gasteiger partial charge in [-0.1, -0.05) is 27.7 Å². The molecule has 0 spiro atoms. The molecular formula is C13H24N4O2. The van der Waals surface area contributed by atoms with E-state index in [2.05, 4.69) is 31.2 Å². The molecule has 108 valence electrons. The third-order valence-electron chi connectivity index (χ3n) is 3.41. The monoisotopic (exact) mass is 268 g/mol. The Labute approximate surface area is 114 Å². The lowest BCUT2D eigenvalue weighted by molar-refractivity contribution is -0.384. The molecule has 1 aromatic heterocycles. The average molecular weight is 268 g/mol. The Kier molecular flexibility index (Phi) is 4.91. The van der Waals surface area contributed by atoms with Gasteiger partial charge in [-0.05, 0) is 25.2 Å². The minimum atomic E-state index is -0.351. The summed E-state index contributed by atoms with van der Waals surface area (Å²) in [6.45, 7) is 11.5. The first kappa shape index (κ1) is 15.5. The lowest BCUT2D eigenvalue weighted by atomic mass is 9.90. The van der Waals surface area contributed by atoms with Crippen LogP contribution in [0.25, 0.3) is 0 Å². The molecule has 19 heavy (non-hydrogen) atoms. The van der Waals surface area contributed by atoms with Crippen molar-refractivity contribution in [2.24, 2.45) is 5.41 Å². The molecule has 0 radical (unpaired) electrons. The largest absolute Gasteiger partial charge is 0.364 e. The third kappa shape index (κ3) is 3.68. The molecule has 0 bridgehead atoms. The van der Waals surface area contributed by atoms with Crippen LogP contribution in [0.2, 0.25) is 0 Å². The van der Waals surface area contributed by atoms with E-state index in [-0.39, 0.29) is 16.0 Å². The number of aromatic nitrogens is 2. The SMILES string of the molecule is CCCn1nc(C)c([N+](=O)[O-])c1NCC(C)(C)CC. The van der Waals surface area contributed by atoms with E-state index in [9.17, 15) is 10.1 Å². The van der Waals surface area contributed by atoms with Gasteiger partial charge in [0.25, 0.3) is 0 Å². The normalized spacial score (nSPS) is 11.6. The molecule has 6 nitrogen and oxygen atoms in total. The molecule has 0 unspecified atom stereocenters. The van der Waals surface area contributed by atoms with Crippen LogP contribution in [0.15, 0.2) is 0 Å². The number of rotatable bonds is 7. The fraction of sp³-hybridized carbons (Fsp3) is 0.769. The van der Waals surface area contributed by atoms with Gasteiger partial charge in [0, 0.05) is 13.1 Å². The van der Waals surface area contributed by atoms with Gasteiger partial charge in [0.1, 0.15) is 5.69 Å². The Morgan fingerprint density at radius 2 is 2.05 bits per heavy atom. The molecule has 6 heteroatoms. The molecule has 1 rings (SSSR count). The summed E-state index contributed by atoms with van der Waals surface area (Å²) in [5, 5.41) is 18.6. The van der Waals surface area contributed by atoms with Crippen LogP contribution in [0.3, 0.4) is 0 Å². The number of nitro groups is 1. The predicted molar refractivity (Wildman–Crippen MR) is 76.5 cm³/mol. The molecule has 0 saturated heterocycles. The molecule has 1 heterocycles. The molecule has 0 aromatic carbocycles. The summed E-state index contributed by atoms with van der Waals surface area (Å²) in [6, 6.07) is 0. The lowest BCUT2D eigenvalue weighted by Gasteiger charge is -2.23. The number of hydrogen-bond acceptors (Lipinski definition) is 4. The summed E-state index contributed by atoms with van der Waals surface area (Å²) >= 11 is 0. The quantitative estimate of drug-likeness (QED) is 0.608. The highest BCUT2D eigenvalue weighted by atomic mass is 16.6. The zero-order valence-corrected chi connectivity index (χ0v) is 12.5. The van der Waals surface area contributed by atoms with E-state index in [0.29, 0.717) is 24.6 Å². The zero-order valence-electron chi connectivity index (χ0n) is 12.5. The number of nitrogens with one attached hydrogen (secondary N) is 1. The van der Waals surface area contributed by atoms with Crippen LogP contribution in [-0.4, -0.2) is 21.2 Å². The maximum Gasteiger partial charge on any atom is 0.333 e. The van der Waals surface area contributed by atoms with Gasteiger partial charge in [0.05, 0.1) is 4.92 Å². The van der Waals surface area contributed by atoms with Gasteiger partial charge in [-0.3, -0.25) is 10.1 Å². The minimum Gasteiger partial charge on any atom is -0.364 e. The van der Waals surface area contributed by atoms with Crippen molar-refractivity contribution in [1.29, 1.82) is 0 Å². The second-order valence-corrected chi connectivity index (χ2v) is 5.63. The smallest absolute Gasteiger partial charge is 0.333 e. The summed E-state index contributed by atoms with van der Waals surface area (Å²) in [5.41, 5.74) is 0.666. The summed E-state index contributed by atoms with van der Waals surface area (Å²) in [7, 11) is 0. The van der Waals surface area contributed by atoms with Gasteiger partial charge in [-0.25, -0.2) is 4.68 Å². The van der Waals surface area contributed by atoms with Crippen molar-refractivity contribution in [3.8, 4) is 0 Å². The van der Waals surface area contributed by atoms with Crippen LogP contribution in [-0.2, 0) is 6.54 Å². The van der Waals surface area contributed by atoms with Gasteiger partial charge < -0.3 is 5.32 Å². The topological polar surface area (TPSA) is 73.0 Å². The zero-order chi connectivity index (χ0) is 14.6. The predicted octanol–water partition coefficient (Wildman–Crippen LogP) is 3.36. The van der Waals surface area contributed by atoms with Gasteiger partial charge in [0.15, 0.2) is 0 Å². The van der Waals surface area contributed by atoms with Crippen molar-refractivity contribution in [2.75, 3.05) is 11.9 Å². The Balaban J connectivity index is 3.05. The van der Waals surface area contributed by atoms with Crippen LogP contribution < -0.4 is 5.32 Å². The highest BCUT2D eigenvalue weighted by Crippen LogP contribution is 2.30. The molecule has 0 aliphatic rings. The molecule has 0 aliphatic heterocycles. The Morgan fingerprint density at radius 1 is 1.42 bits per heavy atom. The summed E-state index contributed by atoms with van der Waals surface area (Å²) in [6.07, 6.45) is 1.90. The number of anilines is 1. The van der Waals surface area contributed by atoms with Crippen LogP contribution in [0.5, 0.6) is 0 Å². The van der Waals surface area contributed by atoms with E-state index in [1.54, 1.807) is 11.6 Å². The second-order valence-electron chi connectivity index (χ2n) is 5.63. The molecule has 1 aromatic rings. The average Bonchev–Trinajstić information content (AvgIpc) is 2.63. The van der Waals surface area contributed by atoms with Gasteiger partial charge in [-0.2, -0.15) is 5.10 Å². The third-order valence-corrected chi connectivity index (χ3v) is 3.41. The van der Waals surface area contributed by atoms with Gasteiger partial charge in [-0.15, -0.1) is 0 Å². The Hall–Kier alpha value is -1.59. The van der Waals surface area contributed by atoms with Gasteiger partial charge in [0.2, 0.25) is 5.82 Å². The van der Waals surface area contributed by atoms with Crippen molar-refractivity contribution in [3.63, 3.8) is 0 Å². The number of hydrogen-bond donors (Lipinski definition) is 1. The fourth-order valence-electron chi connectivity index (χ4n) is 1.79. The van der Waals surface area contributed by atoms with E-state index < -0.39 is 0 Å². The first-order valence-corrected chi connectivity index (χ1v) is 6.78. The summed E-state index contributed by atoms with van der Waals surface area (Å²) in [5.74, 6) is 0.533. The first-order chi connectivity index (χ1) is 8.82. The molecule has 0 amide bonds.